The minimum absolute atomic E-state index is 0.0747. The van der Waals surface area contributed by atoms with Gasteiger partial charge in [0.1, 0.15) is 0 Å². The summed E-state index contributed by atoms with van der Waals surface area (Å²) in [5.41, 5.74) is 0.475. The van der Waals surface area contributed by atoms with E-state index in [0.717, 1.165) is 19.5 Å². The molecule has 1 N–H and O–H groups in total. The lowest BCUT2D eigenvalue weighted by Crippen LogP contribution is -2.39. The van der Waals surface area contributed by atoms with Crippen molar-refractivity contribution in [3.05, 3.63) is 29.8 Å². The highest BCUT2D eigenvalue weighted by molar-refractivity contribution is 7.89. The van der Waals surface area contributed by atoms with Gasteiger partial charge in [-0.2, -0.15) is 9.57 Å². The van der Waals surface area contributed by atoms with Crippen LogP contribution in [0.2, 0.25) is 0 Å². The first-order chi connectivity index (χ1) is 10.1. The lowest BCUT2D eigenvalue weighted by molar-refractivity contribution is 0.329. The molecule has 0 saturated carbocycles. The van der Waals surface area contributed by atoms with E-state index in [2.05, 4.69) is 5.32 Å². The lowest BCUT2D eigenvalue weighted by atomic mass is 9.93. The molecule has 2 fully saturated rings. The molecule has 2 aliphatic heterocycles. The fourth-order valence-corrected chi connectivity index (χ4v) is 5.40. The number of hydrogen-bond acceptors (Lipinski definition) is 4. The summed E-state index contributed by atoms with van der Waals surface area (Å²) >= 11 is 0. The quantitative estimate of drug-likeness (QED) is 0.910. The molecule has 0 aromatic heterocycles. The van der Waals surface area contributed by atoms with Crippen LogP contribution in [0.1, 0.15) is 18.9 Å². The summed E-state index contributed by atoms with van der Waals surface area (Å²) < 4.78 is 27.4. The highest BCUT2D eigenvalue weighted by atomic mass is 32.2. The molecule has 21 heavy (non-hydrogen) atoms. The van der Waals surface area contributed by atoms with Crippen LogP contribution in [0.5, 0.6) is 0 Å². The zero-order chi connectivity index (χ0) is 15.0. The second-order valence-corrected chi connectivity index (χ2v) is 7.66. The van der Waals surface area contributed by atoms with Crippen LogP contribution in [0.4, 0.5) is 0 Å². The zero-order valence-corrected chi connectivity index (χ0v) is 12.8. The van der Waals surface area contributed by atoms with E-state index < -0.39 is 10.0 Å². The molecule has 2 aliphatic rings. The van der Waals surface area contributed by atoms with E-state index in [4.69, 9.17) is 5.26 Å². The van der Waals surface area contributed by atoms with Crippen molar-refractivity contribution in [2.24, 2.45) is 11.8 Å². The molecular weight excluding hydrogens is 286 g/mol. The Morgan fingerprint density at radius 2 is 2.05 bits per heavy atom. The van der Waals surface area contributed by atoms with E-state index in [-0.39, 0.29) is 10.9 Å². The van der Waals surface area contributed by atoms with Crippen molar-refractivity contribution in [3.8, 4) is 6.07 Å². The van der Waals surface area contributed by atoms with E-state index >= 15 is 0 Å². The number of sulfonamides is 1. The minimum Gasteiger partial charge on any atom is -0.316 e. The average Bonchev–Trinajstić information content (AvgIpc) is 3.07. The summed E-state index contributed by atoms with van der Waals surface area (Å²) in [6.45, 7) is 4.45. The summed E-state index contributed by atoms with van der Waals surface area (Å²) in [7, 11) is -3.47. The van der Waals surface area contributed by atoms with Crippen molar-refractivity contribution in [1.82, 2.24) is 9.62 Å². The van der Waals surface area contributed by atoms with Crippen molar-refractivity contribution in [2.75, 3.05) is 19.6 Å². The number of hydrogen-bond donors (Lipinski definition) is 1. The van der Waals surface area contributed by atoms with Crippen molar-refractivity contribution in [2.45, 2.75) is 24.3 Å². The molecule has 0 radical (unpaired) electrons. The van der Waals surface area contributed by atoms with Gasteiger partial charge in [0.2, 0.25) is 10.0 Å². The Morgan fingerprint density at radius 3 is 2.67 bits per heavy atom. The third-order valence-corrected chi connectivity index (χ3v) is 6.58. The van der Waals surface area contributed by atoms with Crippen LogP contribution in [0.25, 0.3) is 0 Å². The first kappa shape index (κ1) is 14.5. The third kappa shape index (κ3) is 2.35. The van der Waals surface area contributed by atoms with Gasteiger partial charge in [-0.15, -0.1) is 0 Å². The largest absolute Gasteiger partial charge is 0.316 e. The van der Waals surface area contributed by atoms with Crippen LogP contribution in [0.3, 0.4) is 0 Å². The summed E-state index contributed by atoms with van der Waals surface area (Å²) in [6.07, 6.45) is 0.832. The van der Waals surface area contributed by atoms with E-state index in [9.17, 15) is 8.42 Å². The van der Waals surface area contributed by atoms with Gasteiger partial charge in [-0.25, -0.2) is 8.42 Å². The average molecular weight is 305 g/mol. The first-order valence-corrected chi connectivity index (χ1v) is 8.74. The fourth-order valence-electron chi connectivity index (χ4n) is 3.60. The van der Waals surface area contributed by atoms with Gasteiger partial charge in [0.15, 0.2) is 0 Å². The molecule has 5 nitrogen and oxygen atoms in total. The molecule has 0 amide bonds. The van der Waals surface area contributed by atoms with Crippen LogP contribution in [-0.4, -0.2) is 38.4 Å². The summed E-state index contributed by atoms with van der Waals surface area (Å²) in [6, 6.07) is 8.28. The van der Waals surface area contributed by atoms with Gasteiger partial charge in [-0.1, -0.05) is 6.92 Å². The van der Waals surface area contributed by atoms with E-state index in [1.54, 1.807) is 16.4 Å². The van der Waals surface area contributed by atoms with Gasteiger partial charge in [-0.3, -0.25) is 0 Å². The number of nitrogens with one attached hydrogen (secondary N) is 1. The van der Waals surface area contributed by atoms with Crippen LogP contribution in [-0.2, 0) is 10.0 Å². The molecule has 0 spiro atoms. The lowest BCUT2D eigenvalue weighted by Gasteiger charge is -2.26. The van der Waals surface area contributed by atoms with Crippen molar-refractivity contribution in [3.63, 3.8) is 0 Å². The highest BCUT2D eigenvalue weighted by Gasteiger charge is 2.48. The highest BCUT2D eigenvalue weighted by Crippen LogP contribution is 2.37. The summed E-state index contributed by atoms with van der Waals surface area (Å²) in [4.78, 5) is 0.285. The summed E-state index contributed by atoms with van der Waals surface area (Å²) in [5, 5.41) is 12.2. The molecule has 1 aromatic carbocycles. The Balaban J connectivity index is 1.92. The molecule has 6 heteroatoms. The van der Waals surface area contributed by atoms with Crippen LogP contribution < -0.4 is 5.32 Å². The van der Waals surface area contributed by atoms with E-state index in [1.165, 1.54) is 12.1 Å². The molecule has 3 unspecified atom stereocenters. The maximum atomic E-state index is 12.9. The first-order valence-electron chi connectivity index (χ1n) is 7.30. The smallest absolute Gasteiger partial charge is 0.243 e. The van der Waals surface area contributed by atoms with Crippen molar-refractivity contribution in [1.29, 1.82) is 5.26 Å². The van der Waals surface area contributed by atoms with Gasteiger partial charge >= 0.3 is 0 Å². The third-order valence-electron chi connectivity index (χ3n) is 4.68. The number of nitriles is 1. The van der Waals surface area contributed by atoms with Gasteiger partial charge in [-0.05, 0) is 55.6 Å². The zero-order valence-electron chi connectivity index (χ0n) is 12.0. The Bertz CT molecular complexity index is 663. The molecule has 0 aliphatic carbocycles. The molecule has 112 valence electrons. The Hall–Kier alpha value is -1.42. The van der Waals surface area contributed by atoms with Gasteiger partial charge in [0.25, 0.3) is 0 Å². The van der Waals surface area contributed by atoms with E-state index in [0.29, 0.717) is 23.9 Å². The second kappa shape index (κ2) is 5.41. The molecule has 2 heterocycles. The molecule has 1 aromatic rings. The van der Waals surface area contributed by atoms with Gasteiger partial charge in [0.05, 0.1) is 16.5 Å². The maximum absolute atomic E-state index is 12.9. The number of fused-ring (bicyclic) bond motifs is 1. The number of benzene rings is 1. The van der Waals surface area contributed by atoms with Crippen LogP contribution >= 0.6 is 0 Å². The van der Waals surface area contributed by atoms with Crippen LogP contribution in [0, 0.1) is 23.2 Å². The molecule has 2 saturated heterocycles. The predicted molar refractivity (Wildman–Crippen MR) is 79.0 cm³/mol. The number of nitrogens with zero attached hydrogens (tertiary/aromatic N) is 2. The summed E-state index contributed by atoms with van der Waals surface area (Å²) in [5.74, 6) is 0.839. The Kier molecular flexibility index (Phi) is 3.74. The molecule has 3 atom stereocenters. The standard InChI is InChI=1S/C15H19N3O2S/c1-2-15-14-9-17-8-12(14)10-18(15)21(19,20)13-5-3-11(7-16)4-6-13/h3-6,12,14-15,17H,2,8-10H2,1H3. The molecular formula is C15H19N3O2S. The maximum Gasteiger partial charge on any atom is 0.243 e. The van der Waals surface area contributed by atoms with Crippen LogP contribution in [0.15, 0.2) is 29.2 Å². The van der Waals surface area contributed by atoms with Gasteiger partial charge in [0, 0.05) is 12.6 Å². The van der Waals surface area contributed by atoms with Gasteiger partial charge < -0.3 is 5.32 Å². The second-order valence-electron chi connectivity index (χ2n) is 5.77. The molecule has 3 rings (SSSR count). The monoisotopic (exact) mass is 305 g/mol. The Morgan fingerprint density at radius 1 is 1.33 bits per heavy atom. The minimum atomic E-state index is -3.47. The predicted octanol–water partition coefficient (Wildman–Crippen LogP) is 1.18. The molecule has 0 bridgehead atoms. The Labute approximate surface area is 125 Å². The van der Waals surface area contributed by atoms with E-state index in [1.807, 2.05) is 13.0 Å². The van der Waals surface area contributed by atoms with Crippen molar-refractivity contribution < 1.29 is 8.42 Å². The van der Waals surface area contributed by atoms with Crippen molar-refractivity contribution >= 4 is 10.0 Å². The topological polar surface area (TPSA) is 73.2 Å². The number of rotatable bonds is 3. The normalized spacial score (nSPS) is 29.2. The SMILES string of the molecule is CCC1C2CNCC2CN1S(=O)(=O)c1ccc(C#N)cc1. The fraction of sp³-hybridized carbons (Fsp3) is 0.533.